The summed E-state index contributed by atoms with van der Waals surface area (Å²) < 4.78 is 1.16. The molecule has 0 saturated heterocycles. The number of rotatable bonds is 3. The highest BCUT2D eigenvalue weighted by Gasteiger charge is 2.16. The molecule has 0 aliphatic carbocycles. The van der Waals surface area contributed by atoms with Gasteiger partial charge >= 0.3 is 0 Å². The molecule has 0 aliphatic rings. The predicted molar refractivity (Wildman–Crippen MR) is 62.4 cm³/mol. The molecule has 0 aromatic heterocycles. The van der Waals surface area contributed by atoms with Gasteiger partial charge in [-0.05, 0) is 17.5 Å². The Bertz CT molecular complexity index is 271. The second-order valence-corrected chi connectivity index (χ2v) is 4.69. The Hall–Kier alpha value is -0.0100. The molecule has 0 spiro atoms. The van der Waals surface area contributed by atoms with E-state index in [0.29, 0.717) is 17.7 Å². The quantitative estimate of drug-likeness (QED) is 0.706. The summed E-state index contributed by atoms with van der Waals surface area (Å²) in [4.78, 5) is 0. The van der Waals surface area contributed by atoms with E-state index in [1.807, 2.05) is 6.07 Å². The number of hydrogen-bond acceptors (Lipinski definition) is 0. The molecule has 0 saturated carbocycles. The molecule has 0 N–H and O–H groups in total. The van der Waals surface area contributed by atoms with E-state index in [9.17, 15) is 0 Å². The lowest BCUT2D eigenvalue weighted by Crippen LogP contribution is -2.08. The summed E-state index contributed by atoms with van der Waals surface area (Å²) in [5.41, 5.74) is 1.31. The highest BCUT2D eigenvalue weighted by molar-refractivity contribution is 9.10. The summed E-state index contributed by atoms with van der Waals surface area (Å²) in [6.45, 7) is 4.40. The van der Waals surface area contributed by atoms with Gasteiger partial charge in [0.15, 0.2) is 0 Å². The van der Waals surface area contributed by atoms with Crippen LogP contribution in [-0.2, 0) is 0 Å². The third kappa shape index (κ3) is 2.72. The van der Waals surface area contributed by atoms with E-state index in [-0.39, 0.29) is 0 Å². The normalized spacial score (nSPS) is 13.3. The van der Waals surface area contributed by atoms with Gasteiger partial charge in [-0.3, -0.25) is 0 Å². The van der Waals surface area contributed by atoms with E-state index in [1.54, 1.807) is 0 Å². The van der Waals surface area contributed by atoms with Crippen LogP contribution in [0.15, 0.2) is 28.7 Å². The molecule has 2 heteroatoms. The Labute approximate surface area is 93.4 Å². The second kappa shape index (κ2) is 5.02. The SMILES string of the molecule is CC(C)C(CCl)c1ccccc1Br. The highest BCUT2D eigenvalue weighted by Crippen LogP contribution is 2.31. The fourth-order valence-corrected chi connectivity index (χ4v) is 2.50. The summed E-state index contributed by atoms with van der Waals surface area (Å²) >= 11 is 9.50. The second-order valence-electron chi connectivity index (χ2n) is 3.53. The summed E-state index contributed by atoms with van der Waals surface area (Å²) in [5, 5.41) is 0. The van der Waals surface area contributed by atoms with Crippen LogP contribution >= 0.6 is 27.5 Å². The van der Waals surface area contributed by atoms with Crippen LogP contribution in [0.5, 0.6) is 0 Å². The first-order chi connectivity index (χ1) is 6.16. The van der Waals surface area contributed by atoms with Crippen LogP contribution in [0.3, 0.4) is 0 Å². The molecular weight excluding hydrogens is 247 g/mol. The van der Waals surface area contributed by atoms with Gasteiger partial charge in [-0.25, -0.2) is 0 Å². The van der Waals surface area contributed by atoms with E-state index >= 15 is 0 Å². The van der Waals surface area contributed by atoms with Gasteiger partial charge in [0.05, 0.1) is 0 Å². The predicted octanol–water partition coefficient (Wildman–Crippen LogP) is 4.43. The third-order valence-electron chi connectivity index (χ3n) is 2.28. The zero-order chi connectivity index (χ0) is 9.84. The van der Waals surface area contributed by atoms with Gasteiger partial charge in [0.25, 0.3) is 0 Å². The maximum absolute atomic E-state index is 5.95. The number of benzene rings is 1. The van der Waals surface area contributed by atoms with Gasteiger partial charge in [0, 0.05) is 16.3 Å². The largest absolute Gasteiger partial charge is 0.126 e. The van der Waals surface area contributed by atoms with Crippen molar-refractivity contribution in [1.82, 2.24) is 0 Å². The molecule has 1 unspecified atom stereocenters. The van der Waals surface area contributed by atoms with Gasteiger partial charge in [0.1, 0.15) is 0 Å². The third-order valence-corrected chi connectivity index (χ3v) is 3.33. The van der Waals surface area contributed by atoms with Gasteiger partial charge in [0.2, 0.25) is 0 Å². The molecule has 0 radical (unpaired) electrons. The van der Waals surface area contributed by atoms with Crippen molar-refractivity contribution >= 4 is 27.5 Å². The van der Waals surface area contributed by atoms with Crippen LogP contribution < -0.4 is 0 Å². The Balaban J connectivity index is 2.97. The van der Waals surface area contributed by atoms with Crippen LogP contribution in [0.1, 0.15) is 25.3 Å². The summed E-state index contributed by atoms with van der Waals surface area (Å²) in [5.74, 6) is 1.70. The van der Waals surface area contributed by atoms with Crippen molar-refractivity contribution in [3.05, 3.63) is 34.3 Å². The van der Waals surface area contributed by atoms with Crippen LogP contribution in [0, 0.1) is 5.92 Å². The molecule has 1 aromatic carbocycles. The minimum absolute atomic E-state index is 0.442. The number of halogens is 2. The first-order valence-corrected chi connectivity index (χ1v) is 5.80. The van der Waals surface area contributed by atoms with Crippen LogP contribution in [0.25, 0.3) is 0 Å². The average Bonchev–Trinajstić information content (AvgIpc) is 2.09. The van der Waals surface area contributed by atoms with Gasteiger partial charge in [-0.1, -0.05) is 48.0 Å². The maximum atomic E-state index is 5.95. The molecule has 0 amide bonds. The minimum Gasteiger partial charge on any atom is -0.126 e. The van der Waals surface area contributed by atoms with Crippen molar-refractivity contribution in [2.24, 2.45) is 5.92 Å². The van der Waals surface area contributed by atoms with Crippen molar-refractivity contribution in [3.63, 3.8) is 0 Å². The molecule has 1 rings (SSSR count). The molecule has 1 atom stereocenters. The lowest BCUT2D eigenvalue weighted by molar-refractivity contribution is 0.538. The Kier molecular flexibility index (Phi) is 4.27. The minimum atomic E-state index is 0.442. The van der Waals surface area contributed by atoms with Gasteiger partial charge in [-0.2, -0.15) is 0 Å². The fourth-order valence-electron chi connectivity index (χ4n) is 1.40. The first-order valence-electron chi connectivity index (χ1n) is 4.47. The number of alkyl halides is 1. The first kappa shape index (κ1) is 11.1. The van der Waals surface area contributed by atoms with Crippen LogP contribution in [0.4, 0.5) is 0 Å². The molecule has 0 bridgehead atoms. The van der Waals surface area contributed by atoms with Gasteiger partial charge < -0.3 is 0 Å². The van der Waals surface area contributed by atoms with E-state index in [0.717, 1.165) is 4.47 Å². The maximum Gasteiger partial charge on any atom is 0.0295 e. The molecule has 0 fully saturated rings. The zero-order valence-corrected chi connectivity index (χ0v) is 10.3. The Morgan fingerprint density at radius 2 is 1.92 bits per heavy atom. The number of hydrogen-bond donors (Lipinski definition) is 0. The fraction of sp³-hybridized carbons (Fsp3) is 0.455. The van der Waals surface area contributed by atoms with Crippen molar-refractivity contribution in [1.29, 1.82) is 0 Å². The Morgan fingerprint density at radius 1 is 1.31 bits per heavy atom. The van der Waals surface area contributed by atoms with Crippen molar-refractivity contribution in [2.75, 3.05) is 5.88 Å². The molecule has 13 heavy (non-hydrogen) atoms. The molecule has 1 aromatic rings. The lowest BCUT2D eigenvalue weighted by Gasteiger charge is -2.19. The Morgan fingerprint density at radius 3 is 2.38 bits per heavy atom. The monoisotopic (exact) mass is 260 g/mol. The average molecular weight is 262 g/mol. The molecular formula is C11H14BrCl. The van der Waals surface area contributed by atoms with E-state index in [2.05, 4.69) is 48.0 Å². The smallest absolute Gasteiger partial charge is 0.0295 e. The zero-order valence-electron chi connectivity index (χ0n) is 7.93. The molecule has 72 valence electrons. The summed E-state index contributed by atoms with van der Waals surface area (Å²) in [6, 6.07) is 8.29. The van der Waals surface area contributed by atoms with E-state index < -0.39 is 0 Å². The summed E-state index contributed by atoms with van der Waals surface area (Å²) in [6.07, 6.45) is 0. The van der Waals surface area contributed by atoms with Crippen molar-refractivity contribution in [3.8, 4) is 0 Å². The van der Waals surface area contributed by atoms with E-state index in [4.69, 9.17) is 11.6 Å². The molecule has 0 heterocycles. The van der Waals surface area contributed by atoms with E-state index in [1.165, 1.54) is 5.56 Å². The lowest BCUT2D eigenvalue weighted by atomic mass is 9.90. The highest BCUT2D eigenvalue weighted by atomic mass is 79.9. The molecule has 0 nitrogen and oxygen atoms in total. The molecule has 0 aliphatic heterocycles. The van der Waals surface area contributed by atoms with Crippen LogP contribution in [-0.4, -0.2) is 5.88 Å². The standard InChI is InChI=1S/C11H14BrCl/c1-8(2)10(7-13)9-5-3-4-6-11(9)12/h3-6,8,10H,7H2,1-2H3. The topological polar surface area (TPSA) is 0 Å². The summed E-state index contributed by atoms with van der Waals surface area (Å²) in [7, 11) is 0. The van der Waals surface area contributed by atoms with Crippen molar-refractivity contribution < 1.29 is 0 Å². The van der Waals surface area contributed by atoms with Crippen LogP contribution in [0.2, 0.25) is 0 Å². The van der Waals surface area contributed by atoms with Gasteiger partial charge in [-0.15, -0.1) is 11.6 Å². The van der Waals surface area contributed by atoms with Crippen molar-refractivity contribution in [2.45, 2.75) is 19.8 Å².